The third kappa shape index (κ3) is 6.94. The van der Waals surface area contributed by atoms with E-state index >= 15 is 0 Å². The zero-order chi connectivity index (χ0) is 20.4. The molecule has 0 aliphatic heterocycles. The van der Waals surface area contributed by atoms with Crippen molar-refractivity contribution in [1.29, 1.82) is 0 Å². The lowest BCUT2D eigenvalue weighted by Crippen LogP contribution is -2.38. The van der Waals surface area contributed by atoms with Crippen LogP contribution in [-0.2, 0) is 17.9 Å². The summed E-state index contributed by atoms with van der Waals surface area (Å²) in [5.74, 6) is 2.21. The quantitative estimate of drug-likeness (QED) is 0.450. The van der Waals surface area contributed by atoms with Crippen LogP contribution in [0.5, 0.6) is 5.75 Å². The number of carbonyl (C=O) groups excluding carboxylic acids is 1. The Morgan fingerprint density at radius 1 is 1.18 bits per heavy atom. The van der Waals surface area contributed by atoms with Gasteiger partial charge in [-0.05, 0) is 30.5 Å². The number of guanidine groups is 1. The van der Waals surface area contributed by atoms with E-state index in [-0.39, 0.29) is 12.5 Å². The molecule has 3 N–H and O–H groups in total. The third-order valence-corrected chi connectivity index (χ3v) is 3.97. The van der Waals surface area contributed by atoms with E-state index in [0.717, 1.165) is 22.8 Å². The molecule has 28 heavy (non-hydrogen) atoms. The predicted molar refractivity (Wildman–Crippen MR) is 108 cm³/mol. The van der Waals surface area contributed by atoms with Crippen LogP contribution in [0.2, 0.25) is 0 Å². The SMILES string of the molecule is CCNC(=NCC(=O)NCc1ccc(OC)cc1)NCc1cc(C(C)C)no1. The third-order valence-electron chi connectivity index (χ3n) is 3.97. The van der Waals surface area contributed by atoms with Gasteiger partial charge in [0.2, 0.25) is 5.91 Å². The van der Waals surface area contributed by atoms with Gasteiger partial charge in [0.25, 0.3) is 0 Å². The Labute approximate surface area is 165 Å². The van der Waals surface area contributed by atoms with Gasteiger partial charge in [0.1, 0.15) is 12.3 Å². The van der Waals surface area contributed by atoms with Crippen molar-refractivity contribution < 1.29 is 14.1 Å². The lowest BCUT2D eigenvalue weighted by atomic mass is 10.1. The van der Waals surface area contributed by atoms with Crippen molar-refractivity contribution in [3.8, 4) is 5.75 Å². The molecule has 8 nitrogen and oxygen atoms in total. The van der Waals surface area contributed by atoms with Crippen LogP contribution in [0.1, 0.15) is 43.7 Å². The largest absolute Gasteiger partial charge is 0.497 e. The molecule has 1 amide bonds. The molecule has 0 saturated carbocycles. The standard InChI is InChI=1S/C20H29N5O3/c1-5-21-20(23-12-17-10-18(14(2)3)25-28-17)24-13-19(26)22-11-15-6-8-16(27-4)9-7-15/h6-10,14H,5,11-13H2,1-4H3,(H,22,26)(H2,21,23,24). The summed E-state index contributed by atoms with van der Waals surface area (Å²) >= 11 is 0. The smallest absolute Gasteiger partial charge is 0.242 e. The van der Waals surface area contributed by atoms with E-state index in [1.165, 1.54) is 0 Å². The summed E-state index contributed by atoms with van der Waals surface area (Å²) in [6.07, 6.45) is 0. The van der Waals surface area contributed by atoms with E-state index in [0.29, 0.717) is 31.5 Å². The van der Waals surface area contributed by atoms with Gasteiger partial charge in [-0.25, -0.2) is 4.99 Å². The second-order valence-electron chi connectivity index (χ2n) is 6.55. The highest BCUT2D eigenvalue weighted by Crippen LogP contribution is 2.13. The molecule has 1 aromatic carbocycles. The van der Waals surface area contributed by atoms with Crippen LogP contribution in [0, 0.1) is 0 Å². The summed E-state index contributed by atoms with van der Waals surface area (Å²) in [5, 5.41) is 13.1. The molecule has 2 aromatic rings. The molecule has 0 saturated heterocycles. The van der Waals surface area contributed by atoms with Crippen LogP contribution in [0.3, 0.4) is 0 Å². The summed E-state index contributed by atoms with van der Waals surface area (Å²) in [6, 6.07) is 9.47. The van der Waals surface area contributed by atoms with Gasteiger partial charge in [0.05, 0.1) is 19.3 Å². The average molecular weight is 387 g/mol. The predicted octanol–water partition coefficient (Wildman–Crippen LogP) is 2.18. The van der Waals surface area contributed by atoms with Gasteiger partial charge in [-0.1, -0.05) is 31.1 Å². The number of nitrogens with zero attached hydrogens (tertiary/aromatic N) is 2. The molecular formula is C20H29N5O3. The van der Waals surface area contributed by atoms with Crippen molar-refractivity contribution in [2.24, 2.45) is 4.99 Å². The average Bonchev–Trinajstić information content (AvgIpc) is 3.18. The molecule has 0 unspecified atom stereocenters. The number of hydrogen-bond acceptors (Lipinski definition) is 5. The van der Waals surface area contributed by atoms with E-state index in [1.54, 1.807) is 7.11 Å². The second kappa shape index (κ2) is 11.0. The van der Waals surface area contributed by atoms with Gasteiger partial charge in [-0.15, -0.1) is 0 Å². The number of ether oxygens (including phenoxy) is 1. The maximum atomic E-state index is 12.1. The normalized spacial score (nSPS) is 11.4. The minimum atomic E-state index is -0.158. The monoisotopic (exact) mass is 387 g/mol. The van der Waals surface area contributed by atoms with Gasteiger partial charge in [0.15, 0.2) is 11.7 Å². The highest BCUT2D eigenvalue weighted by Gasteiger charge is 2.08. The van der Waals surface area contributed by atoms with Gasteiger partial charge in [0, 0.05) is 19.2 Å². The van der Waals surface area contributed by atoms with Crippen molar-refractivity contribution in [3.05, 3.63) is 47.3 Å². The zero-order valence-electron chi connectivity index (χ0n) is 16.9. The van der Waals surface area contributed by atoms with Gasteiger partial charge >= 0.3 is 0 Å². The van der Waals surface area contributed by atoms with Crippen LogP contribution in [-0.4, -0.2) is 37.2 Å². The molecule has 0 spiro atoms. The Kier molecular flexibility index (Phi) is 8.33. The van der Waals surface area contributed by atoms with Gasteiger partial charge in [-0.3, -0.25) is 4.79 Å². The van der Waals surface area contributed by atoms with Crippen LogP contribution >= 0.6 is 0 Å². The first-order valence-corrected chi connectivity index (χ1v) is 9.39. The number of rotatable bonds is 9. The Hall–Kier alpha value is -3.03. The first-order valence-electron chi connectivity index (χ1n) is 9.39. The molecule has 0 aliphatic carbocycles. The van der Waals surface area contributed by atoms with Crippen molar-refractivity contribution in [2.45, 2.75) is 39.8 Å². The van der Waals surface area contributed by atoms with Crippen LogP contribution in [0.15, 0.2) is 39.8 Å². The summed E-state index contributed by atoms with van der Waals surface area (Å²) in [4.78, 5) is 16.4. The number of methoxy groups -OCH3 is 1. The molecule has 152 valence electrons. The number of aliphatic imine (C=N–C) groups is 1. The van der Waals surface area contributed by atoms with E-state index in [9.17, 15) is 4.79 Å². The van der Waals surface area contributed by atoms with Crippen LogP contribution in [0.25, 0.3) is 0 Å². The molecule has 0 aliphatic rings. The fraction of sp³-hybridized carbons (Fsp3) is 0.450. The molecule has 8 heteroatoms. The zero-order valence-corrected chi connectivity index (χ0v) is 16.9. The van der Waals surface area contributed by atoms with E-state index in [2.05, 4.69) is 39.9 Å². The number of amides is 1. The molecular weight excluding hydrogens is 358 g/mol. The summed E-state index contributed by atoms with van der Waals surface area (Å²) in [7, 11) is 1.62. The topological polar surface area (TPSA) is 101 Å². The fourth-order valence-corrected chi connectivity index (χ4v) is 2.35. The lowest BCUT2D eigenvalue weighted by Gasteiger charge is -2.10. The van der Waals surface area contributed by atoms with Gasteiger partial charge < -0.3 is 25.2 Å². The maximum absolute atomic E-state index is 12.1. The lowest BCUT2D eigenvalue weighted by molar-refractivity contribution is -0.119. The first kappa shape index (κ1) is 21.3. The number of nitrogens with one attached hydrogen (secondary N) is 3. The van der Waals surface area contributed by atoms with Crippen molar-refractivity contribution in [2.75, 3.05) is 20.2 Å². The van der Waals surface area contributed by atoms with E-state index < -0.39 is 0 Å². The highest BCUT2D eigenvalue weighted by atomic mass is 16.5. The number of aromatic nitrogens is 1. The molecule has 0 radical (unpaired) electrons. The first-order chi connectivity index (χ1) is 13.5. The van der Waals surface area contributed by atoms with Crippen LogP contribution < -0.4 is 20.7 Å². The summed E-state index contributed by atoms with van der Waals surface area (Å²) < 4.78 is 10.4. The Morgan fingerprint density at radius 2 is 1.93 bits per heavy atom. The van der Waals surface area contributed by atoms with Gasteiger partial charge in [-0.2, -0.15) is 0 Å². The number of carbonyl (C=O) groups is 1. The van der Waals surface area contributed by atoms with Crippen molar-refractivity contribution >= 4 is 11.9 Å². The number of hydrogen-bond donors (Lipinski definition) is 3. The van der Waals surface area contributed by atoms with E-state index in [1.807, 2.05) is 37.3 Å². The minimum absolute atomic E-state index is 0.0269. The molecule has 0 bridgehead atoms. The van der Waals surface area contributed by atoms with Crippen molar-refractivity contribution in [3.63, 3.8) is 0 Å². The maximum Gasteiger partial charge on any atom is 0.242 e. The Morgan fingerprint density at radius 3 is 2.54 bits per heavy atom. The minimum Gasteiger partial charge on any atom is -0.497 e. The second-order valence-corrected chi connectivity index (χ2v) is 6.55. The fourth-order valence-electron chi connectivity index (χ4n) is 2.35. The Balaban J connectivity index is 1.81. The molecule has 1 aromatic heterocycles. The van der Waals surface area contributed by atoms with E-state index in [4.69, 9.17) is 9.26 Å². The molecule has 1 heterocycles. The highest BCUT2D eigenvalue weighted by molar-refractivity contribution is 5.84. The Bertz CT molecular complexity index is 768. The molecule has 2 rings (SSSR count). The van der Waals surface area contributed by atoms with Crippen molar-refractivity contribution in [1.82, 2.24) is 21.1 Å². The van der Waals surface area contributed by atoms with Crippen LogP contribution in [0.4, 0.5) is 0 Å². The summed E-state index contributed by atoms with van der Waals surface area (Å²) in [6.45, 7) is 7.69. The molecule has 0 fully saturated rings. The summed E-state index contributed by atoms with van der Waals surface area (Å²) in [5.41, 5.74) is 1.91. The number of benzene rings is 1. The molecule has 0 atom stereocenters.